The second kappa shape index (κ2) is 4.47. The smallest absolute Gasteiger partial charge is 0.0605 e. The molecule has 3 nitrogen and oxygen atoms in total. The fourth-order valence-corrected chi connectivity index (χ4v) is 3.24. The molecule has 1 aromatic carbocycles. The first-order chi connectivity index (χ1) is 8.68. The van der Waals surface area contributed by atoms with E-state index in [9.17, 15) is 0 Å². The monoisotopic (exact) mass is 245 g/mol. The van der Waals surface area contributed by atoms with Gasteiger partial charge in [0.2, 0.25) is 0 Å². The lowest BCUT2D eigenvalue weighted by Gasteiger charge is -2.41. The van der Waals surface area contributed by atoms with E-state index in [1.807, 2.05) is 0 Å². The number of anilines is 2. The number of benzene rings is 1. The fourth-order valence-electron chi connectivity index (χ4n) is 3.24. The first-order valence-electron chi connectivity index (χ1n) is 6.98. The van der Waals surface area contributed by atoms with E-state index in [4.69, 9.17) is 0 Å². The first-order valence-corrected chi connectivity index (χ1v) is 6.98. The number of fused-ring (bicyclic) bond motifs is 1. The van der Waals surface area contributed by atoms with Gasteiger partial charge in [0.25, 0.3) is 0 Å². The van der Waals surface area contributed by atoms with Crippen molar-refractivity contribution in [1.29, 1.82) is 0 Å². The van der Waals surface area contributed by atoms with Crippen LogP contribution >= 0.6 is 0 Å². The van der Waals surface area contributed by atoms with Crippen LogP contribution in [0.15, 0.2) is 24.3 Å². The van der Waals surface area contributed by atoms with Crippen LogP contribution in [0.25, 0.3) is 0 Å². The molecule has 2 aliphatic rings. The van der Waals surface area contributed by atoms with E-state index >= 15 is 0 Å². The maximum Gasteiger partial charge on any atom is 0.0605 e. The Kier molecular flexibility index (Phi) is 2.94. The van der Waals surface area contributed by atoms with Gasteiger partial charge in [-0.2, -0.15) is 0 Å². The van der Waals surface area contributed by atoms with Gasteiger partial charge in [-0.15, -0.1) is 0 Å². The van der Waals surface area contributed by atoms with Gasteiger partial charge in [0.15, 0.2) is 0 Å². The number of para-hydroxylation sites is 2. The minimum Gasteiger partial charge on any atom is -0.371 e. The molecule has 3 rings (SSSR count). The van der Waals surface area contributed by atoms with Crippen molar-refractivity contribution in [3.63, 3.8) is 0 Å². The topological polar surface area (TPSA) is 18.5 Å². The molecule has 18 heavy (non-hydrogen) atoms. The predicted octanol–water partition coefficient (Wildman–Crippen LogP) is 2.08. The van der Waals surface area contributed by atoms with Crippen LogP contribution in [0.4, 0.5) is 11.4 Å². The van der Waals surface area contributed by atoms with E-state index in [1.165, 1.54) is 30.8 Å². The van der Waals surface area contributed by atoms with Gasteiger partial charge < -0.3 is 15.1 Å². The van der Waals surface area contributed by atoms with Crippen molar-refractivity contribution in [1.82, 2.24) is 5.32 Å². The summed E-state index contributed by atoms with van der Waals surface area (Å²) in [5.74, 6) is 0. The van der Waals surface area contributed by atoms with Gasteiger partial charge in [-0.3, -0.25) is 0 Å². The normalized spacial score (nSPS) is 27.4. The molecule has 1 unspecified atom stereocenters. The number of likely N-dealkylation sites (N-methyl/N-ethyl adjacent to an activating group) is 1. The van der Waals surface area contributed by atoms with Crippen LogP contribution in [0.1, 0.15) is 19.8 Å². The van der Waals surface area contributed by atoms with Crippen LogP contribution in [-0.4, -0.2) is 38.8 Å². The fraction of sp³-hybridized carbons (Fsp3) is 0.600. The Morgan fingerprint density at radius 2 is 2.00 bits per heavy atom. The molecule has 0 aliphatic carbocycles. The molecule has 0 aromatic heterocycles. The van der Waals surface area contributed by atoms with Gasteiger partial charge in [0.05, 0.1) is 11.4 Å². The minimum absolute atomic E-state index is 0.295. The summed E-state index contributed by atoms with van der Waals surface area (Å²) < 4.78 is 0. The maximum atomic E-state index is 3.67. The molecule has 1 saturated heterocycles. The van der Waals surface area contributed by atoms with Crippen LogP contribution in [-0.2, 0) is 0 Å². The third-order valence-corrected chi connectivity index (χ3v) is 4.34. The largest absolute Gasteiger partial charge is 0.371 e. The lowest BCUT2D eigenvalue weighted by Crippen LogP contribution is -2.51. The second-order valence-corrected chi connectivity index (χ2v) is 5.92. The van der Waals surface area contributed by atoms with E-state index in [0.717, 1.165) is 19.6 Å². The van der Waals surface area contributed by atoms with Crippen molar-refractivity contribution in [2.75, 3.05) is 43.0 Å². The molecule has 2 heterocycles. The van der Waals surface area contributed by atoms with Crippen LogP contribution in [0.5, 0.6) is 0 Å². The Labute approximate surface area is 110 Å². The summed E-state index contributed by atoms with van der Waals surface area (Å²) in [5.41, 5.74) is 3.05. The molecule has 1 N–H and O–H groups in total. The van der Waals surface area contributed by atoms with Gasteiger partial charge in [0.1, 0.15) is 0 Å². The standard InChI is InChI=1S/C15H23N3/c1-15(8-5-9-16-15)12-18-11-10-17(2)13-6-3-4-7-14(13)18/h3-4,6-7,16H,5,8-12H2,1-2H3. The molecule has 0 bridgehead atoms. The molecule has 2 aliphatic heterocycles. The molecular formula is C15H23N3. The third-order valence-electron chi connectivity index (χ3n) is 4.34. The average Bonchev–Trinajstić information content (AvgIpc) is 2.80. The van der Waals surface area contributed by atoms with Gasteiger partial charge >= 0.3 is 0 Å². The predicted molar refractivity (Wildman–Crippen MR) is 77.6 cm³/mol. The van der Waals surface area contributed by atoms with Crippen molar-refractivity contribution < 1.29 is 0 Å². The number of nitrogens with zero attached hydrogens (tertiary/aromatic N) is 2. The summed E-state index contributed by atoms with van der Waals surface area (Å²) >= 11 is 0. The van der Waals surface area contributed by atoms with Crippen molar-refractivity contribution in [3.05, 3.63) is 24.3 Å². The number of nitrogens with one attached hydrogen (secondary N) is 1. The average molecular weight is 245 g/mol. The maximum absolute atomic E-state index is 3.67. The quantitative estimate of drug-likeness (QED) is 0.860. The summed E-state index contributed by atoms with van der Waals surface area (Å²) in [4.78, 5) is 4.91. The lowest BCUT2D eigenvalue weighted by atomic mass is 9.98. The molecule has 1 aromatic rings. The third kappa shape index (κ3) is 2.07. The Balaban J connectivity index is 1.84. The number of hydrogen-bond donors (Lipinski definition) is 1. The molecule has 1 fully saturated rings. The van der Waals surface area contributed by atoms with Crippen LogP contribution in [0.3, 0.4) is 0 Å². The highest BCUT2D eigenvalue weighted by atomic mass is 15.3. The molecule has 0 spiro atoms. The van der Waals surface area contributed by atoms with Crippen LogP contribution < -0.4 is 15.1 Å². The Morgan fingerprint density at radius 1 is 1.22 bits per heavy atom. The molecule has 0 radical (unpaired) electrons. The van der Waals surface area contributed by atoms with E-state index in [-0.39, 0.29) is 0 Å². The summed E-state index contributed by atoms with van der Waals surface area (Å²) in [6.07, 6.45) is 2.60. The molecule has 98 valence electrons. The summed E-state index contributed by atoms with van der Waals surface area (Å²) in [5, 5.41) is 3.67. The van der Waals surface area contributed by atoms with E-state index in [1.54, 1.807) is 0 Å². The van der Waals surface area contributed by atoms with Gasteiger partial charge in [-0.25, -0.2) is 0 Å². The Bertz CT molecular complexity index is 424. The Morgan fingerprint density at radius 3 is 2.72 bits per heavy atom. The van der Waals surface area contributed by atoms with Gasteiger partial charge in [0, 0.05) is 32.2 Å². The molecule has 0 amide bonds. The highest BCUT2D eigenvalue weighted by Gasteiger charge is 2.32. The number of rotatable bonds is 2. The molecule has 3 heteroatoms. The van der Waals surface area contributed by atoms with Crippen molar-refractivity contribution >= 4 is 11.4 Å². The highest BCUT2D eigenvalue weighted by Crippen LogP contribution is 2.33. The minimum atomic E-state index is 0.295. The highest BCUT2D eigenvalue weighted by molar-refractivity contribution is 5.73. The van der Waals surface area contributed by atoms with Crippen molar-refractivity contribution in [2.24, 2.45) is 0 Å². The summed E-state index contributed by atoms with van der Waals surface area (Å²) in [6.45, 7) is 6.91. The zero-order valence-corrected chi connectivity index (χ0v) is 11.4. The molecule has 0 saturated carbocycles. The van der Waals surface area contributed by atoms with Gasteiger partial charge in [-0.05, 0) is 38.4 Å². The second-order valence-electron chi connectivity index (χ2n) is 5.92. The summed E-state index contributed by atoms with van der Waals surface area (Å²) in [6, 6.07) is 8.76. The van der Waals surface area contributed by atoms with E-state index in [2.05, 4.69) is 53.4 Å². The molecule has 1 atom stereocenters. The zero-order valence-electron chi connectivity index (χ0n) is 11.4. The van der Waals surface area contributed by atoms with Crippen molar-refractivity contribution in [2.45, 2.75) is 25.3 Å². The molecular weight excluding hydrogens is 222 g/mol. The SMILES string of the molecule is CN1CCN(CC2(C)CCCN2)c2ccccc21. The zero-order chi connectivity index (χ0) is 12.6. The Hall–Kier alpha value is -1.22. The van der Waals surface area contributed by atoms with Gasteiger partial charge in [-0.1, -0.05) is 12.1 Å². The van der Waals surface area contributed by atoms with E-state index < -0.39 is 0 Å². The van der Waals surface area contributed by atoms with Crippen LogP contribution in [0, 0.1) is 0 Å². The lowest BCUT2D eigenvalue weighted by molar-refractivity contribution is 0.410. The van der Waals surface area contributed by atoms with Crippen LogP contribution in [0.2, 0.25) is 0 Å². The first kappa shape index (κ1) is 11.8. The summed E-state index contributed by atoms with van der Waals surface area (Å²) in [7, 11) is 2.19. The van der Waals surface area contributed by atoms with E-state index in [0.29, 0.717) is 5.54 Å². The number of hydrogen-bond acceptors (Lipinski definition) is 3. The van der Waals surface area contributed by atoms with Crippen molar-refractivity contribution in [3.8, 4) is 0 Å².